The van der Waals surface area contributed by atoms with Gasteiger partial charge in [-0.15, -0.1) is 0 Å². The first-order valence-corrected chi connectivity index (χ1v) is 9.74. The summed E-state index contributed by atoms with van der Waals surface area (Å²) in [5.74, 6) is 0.876. The van der Waals surface area contributed by atoms with Crippen LogP contribution in [0.1, 0.15) is 59.8 Å². The van der Waals surface area contributed by atoms with Crippen molar-refractivity contribution in [3.8, 4) is 11.5 Å². The van der Waals surface area contributed by atoms with Crippen molar-refractivity contribution in [2.45, 2.75) is 53.0 Å². The number of aryl methyl sites for hydroxylation is 2. The molecule has 0 aliphatic rings. The number of benzene rings is 1. The smallest absolute Gasteiger partial charge is 0.253 e. The number of carbonyl (C=O) groups is 1. The molecule has 0 bridgehead atoms. The maximum absolute atomic E-state index is 12.5. The number of pyridine rings is 1. The van der Waals surface area contributed by atoms with Crippen molar-refractivity contribution in [1.82, 2.24) is 10.3 Å². The van der Waals surface area contributed by atoms with Crippen LogP contribution in [0.4, 0.5) is 0 Å². The fourth-order valence-electron chi connectivity index (χ4n) is 3.01. The van der Waals surface area contributed by atoms with E-state index in [4.69, 9.17) is 9.47 Å². The molecule has 0 fully saturated rings. The van der Waals surface area contributed by atoms with Crippen molar-refractivity contribution in [2.75, 3.05) is 13.7 Å². The van der Waals surface area contributed by atoms with Crippen LogP contribution in [0.3, 0.4) is 0 Å². The van der Waals surface area contributed by atoms with E-state index in [2.05, 4.69) is 17.2 Å². The average Bonchev–Trinajstić information content (AvgIpc) is 2.66. The van der Waals surface area contributed by atoms with Crippen LogP contribution < -0.4 is 20.3 Å². The van der Waals surface area contributed by atoms with Crippen LogP contribution in [0.5, 0.6) is 11.5 Å². The molecule has 6 nitrogen and oxygen atoms in total. The zero-order chi connectivity index (χ0) is 20.5. The molecule has 1 amide bonds. The molecule has 0 radical (unpaired) electrons. The van der Waals surface area contributed by atoms with Crippen LogP contribution >= 0.6 is 0 Å². The van der Waals surface area contributed by atoms with E-state index in [0.29, 0.717) is 29.2 Å². The van der Waals surface area contributed by atoms with Crippen molar-refractivity contribution in [3.05, 3.63) is 57.0 Å². The van der Waals surface area contributed by atoms with Gasteiger partial charge in [-0.25, -0.2) is 0 Å². The number of hydrogen-bond acceptors (Lipinski definition) is 4. The van der Waals surface area contributed by atoms with Crippen LogP contribution in [-0.4, -0.2) is 24.6 Å². The first-order chi connectivity index (χ1) is 13.5. The first kappa shape index (κ1) is 21.5. The van der Waals surface area contributed by atoms with Crippen molar-refractivity contribution in [2.24, 2.45) is 0 Å². The lowest BCUT2D eigenvalue weighted by Crippen LogP contribution is -2.27. The van der Waals surface area contributed by atoms with E-state index < -0.39 is 0 Å². The van der Waals surface area contributed by atoms with Crippen molar-refractivity contribution in [1.29, 1.82) is 0 Å². The number of H-pyrrole nitrogens is 1. The lowest BCUT2D eigenvalue weighted by Gasteiger charge is -2.13. The molecular weight excluding hydrogens is 356 g/mol. The van der Waals surface area contributed by atoms with E-state index in [1.165, 1.54) is 12.8 Å². The molecular formula is C22H30N2O4. The van der Waals surface area contributed by atoms with Gasteiger partial charge in [0.15, 0.2) is 11.5 Å². The Morgan fingerprint density at radius 2 is 1.89 bits per heavy atom. The second-order valence-corrected chi connectivity index (χ2v) is 6.90. The van der Waals surface area contributed by atoms with Gasteiger partial charge in [0.05, 0.1) is 13.7 Å². The van der Waals surface area contributed by atoms with Gasteiger partial charge in [-0.1, -0.05) is 26.2 Å². The summed E-state index contributed by atoms with van der Waals surface area (Å²) in [6, 6.07) is 6.99. The number of carbonyl (C=O) groups excluding carboxylic acids is 1. The predicted molar refractivity (Wildman–Crippen MR) is 110 cm³/mol. The van der Waals surface area contributed by atoms with Gasteiger partial charge in [-0.3, -0.25) is 9.59 Å². The SMILES string of the molecule is CCCCCCOc1ccc(C(=O)NCc2c(C)cc(C)[nH]c2=O)cc1OC. The molecule has 1 aromatic carbocycles. The summed E-state index contributed by atoms with van der Waals surface area (Å²) in [6.45, 7) is 6.65. The monoisotopic (exact) mass is 386 g/mol. The molecule has 2 rings (SSSR count). The molecule has 0 saturated carbocycles. The lowest BCUT2D eigenvalue weighted by atomic mass is 10.1. The molecule has 0 atom stereocenters. The Hall–Kier alpha value is -2.76. The van der Waals surface area contributed by atoms with Crippen molar-refractivity contribution in [3.63, 3.8) is 0 Å². The van der Waals surface area contributed by atoms with Crippen LogP contribution in [0.25, 0.3) is 0 Å². The third kappa shape index (κ3) is 5.87. The van der Waals surface area contributed by atoms with Crippen LogP contribution in [-0.2, 0) is 6.54 Å². The molecule has 2 aromatic rings. The minimum atomic E-state index is -0.271. The summed E-state index contributed by atoms with van der Waals surface area (Å²) in [5, 5.41) is 2.80. The van der Waals surface area contributed by atoms with Gasteiger partial charge in [-0.2, -0.15) is 0 Å². The van der Waals surface area contributed by atoms with Gasteiger partial charge >= 0.3 is 0 Å². The maximum Gasteiger partial charge on any atom is 0.253 e. The number of hydrogen-bond donors (Lipinski definition) is 2. The second kappa shape index (κ2) is 10.5. The van der Waals surface area contributed by atoms with Gasteiger partial charge < -0.3 is 19.8 Å². The minimum Gasteiger partial charge on any atom is -0.493 e. The molecule has 152 valence electrons. The molecule has 0 spiro atoms. The molecule has 0 saturated heterocycles. The highest BCUT2D eigenvalue weighted by Gasteiger charge is 2.13. The zero-order valence-electron chi connectivity index (χ0n) is 17.2. The first-order valence-electron chi connectivity index (χ1n) is 9.74. The summed E-state index contributed by atoms with van der Waals surface area (Å²) in [6.07, 6.45) is 4.50. The van der Waals surface area contributed by atoms with E-state index >= 15 is 0 Å². The number of rotatable bonds is 10. The highest BCUT2D eigenvalue weighted by Crippen LogP contribution is 2.28. The molecule has 1 aromatic heterocycles. The molecule has 6 heteroatoms. The number of amides is 1. The lowest BCUT2D eigenvalue weighted by molar-refractivity contribution is 0.0950. The Morgan fingerprint density at radius 3 is 2.57 bits per heavy atom. The average molecular weight is 386 g/mol. The molecule has 2 N–H and O–H groups in total. The predicted octanol–water partition coefficient (Wildman–Crippen LogP) is 3.89. The number of aromatic amines is 1. The Balaban J connectivity index is 2.01. The Morgan fingerprint density at radius 1 is 1.11 bits per heavy atom. The largest absolute Gasteiger partial charge is 0.493 e. The third-order valence-electron chi connectivity index (χ3n) is 4.60. The zero-order valence-corrected chi connectivity index (χ0v) is 17.2. The summed E-state index contributed by atoms with van der Waals surface area (Å²) in [5.41, 5.74) is 2.48. The summed E-state index contributed by atoms with van der Waals surface area (Å²) >= 11 is 0. The van der Waals surface area contributed by atoms with Gasteiger partial charge in [0, 0.05) is 23.4 Å². The van der Waals surface area contributed by atoms with E-state index in [1.54, 1.807) is 25.3 Å². The van der Waals surface area contributed by atoms with E-state index in [9.17, 15) is 9.59 Å². The van der Waals surface area contributed by atoms with Gasteiger partial charge in [-0.05, 0) is 50.1 Å². The highest BCUT2D eigenvalue weighted by atomic mass is 16.5. The molecule has 0 aliphatic heterocycles. The van der Waals surface area contributed by atoms with Gasteiger partial charge in [0.25, 0.3) is 11.5 Å². The molecule has 28 heavy (non-hydrogen) atoms. The quantitative estimate of drug-likeness (QED) is 0.607. The molecule has 0 aliphatic carbocycles. The summed E-state index contributed by atoms with van der Waals surface area (Å²) in [4.78, 5) is 27.3. The fourth-order valence-corrected chi connectivity index (χ4v) is 3.01. The third-order valence-corrected chi connectivity index (χ3v) is 4.60. The minimum absolute atomic E-state index is 0.165. The Bertz CT molecular complexity index is 858. The standard InChI is InChI=1S/C22H30N2O4/c1-5-6-7-8-11-28-19-10-9-17(13-20(19)27-4)21(25)23-14-18-15(2)12-16(3)24-22(18)26/h9-10,12-13H,5-8,11,14H2,1-4H3,(H,23,25)(H,24,26). The number of aromatic nitrogens is 1. The normalized spacial score (nSPS) is 10.6. The second-order valence-electron chi connectivity index (χ2n) is 6.90. The van der Waals surface area contributed by atoms with E-state index in [1.807, 2.05) is 19.9 Å². The van der Waals surface area contributed by atoms with Crippen molar-refractivity contribution >= 4 is 5.91 Å². The number of methoxy groups -OCH3 is 1. The highest BCUT2D eigenvalue weighted by molar-refractivity contribution is 5.94. The number of nitrogens with one attached hydrogen (secondary N) is 2. The Kier molecular flexibility index (Phi) is 8.11. The summed E-state index contributed by atoms with van der Waals surface area (Å²) < 4.78 is 11.1. The topological polar surface area (TPSA) is 80.4 Å². The van der Waals surface area contributed by atoms with Crippen LogP contribution in [0.2, 0.25) is 0 Å². The number of unbranched alkanes of at least 4 members (excludes halogenated alkanes) is 3. The fraction of sp³-hybridized carbons (Fsp3) is 0.455. The van der Waals surface area contributed by atoms with Crippen LogP contribution in [0.15, 0.2) is 29.1 Å². The molecule has 0 unspecified atom stereocenters. The van der Waals surface area contributed by atoms with Crippen molar-refractivity contribution < 1.29 is 14.3 Å². The maximum atomic E-state index is 12.5. The Labute approximate surface area is 166 Å². The molecule has 1 heterocycles. The van der Waals surface area contributed by atoms with Crippen LogP contribution in [0, 0.1) is 13.8 Å². The number of ether oxygens (including phenoxy) is 2. The summed E-state index contributed by atoms with van der Waals surface area (Å²) in [7, 11) is 1.55. The van der Waals surface area contributed by atoms with Gasteiger partial charge in [0.1, 0.15) is 0 Å². The van der Waals surface area contributed by atoms with E-state index in [-0.39, 0.29) is 18.0 Å². The van der Waals surface area contributed by atoms with E-state index in [0.717, 1.165) is 24.1 Å². The van der Waals surface area contributed by atoms with Gasteiger partial charge in [0.2, 0.25) is 0 Å².